The van der Waals surface area contributed by atoms with Gasteiger partial charge in [-0.2, -0.15) is 11.1 Å². The van der Waals surface area contributed by atoms with Gasteiger partial charge in [-0.3, -0.25) is 6.08 Å². The maximum absolute atomic E-state index is 6.83. The molecule has 2 atom stereocenters. The molecule has 0 saturated heterocycles. The molecule has 0 fully saturated rings. The average molecular weight is 299 g/mol. The number of nitrogens with one attached hydrogen (secondary N) is 1. The van der Waals surface area contributed by atoms with E-state index in [1.54, 1.807) is 5.57 Å². The van der Waals surface area contributed by atoms with E-state index in [9.17, 15) is 0 Å². The largest absolute Gasteiger partial charge is 2.00 e. The molecular formula is C15H29NSiTi. The summed E-state index contributed by atoms with van der Waals surface area (Å²) in [5.41, 5.74) is 11.2. The minimum Gasteiger partial charge on any atom is -0.675 e. The van der Waals surface area contributed by atoms with Crippen LogP contribution in [0.3, 0.4) is 0 Å². The van der Waals surface area contributed by atoms with Gasteiger partial charge in [0.15, 0.2) is 0 Å². The Morgan fingerprint density at radius 1 is 1.28 bits per heavy atom. The van der Waals surface area contributed by atoms with E-state index in [0.717, 1.165) is 6.42 Å². The Labute approximate surface area is 131 Å². The summed E-state index contributed by atoms with van der Waals surface area (Å²) in [6.07, 6.45) is 4.61. The first-order valence-corrected chi connectivity index (χ1v) is 9.56. The molecule has 1 nitrogen and oxygen atoms in total. The molecule has 0 aromatic heterocycles. The number of allylic oxidation sites excluding steroid dienone is 4. The normalized spacial score (nSPS) is 24.2. The van der Waals surface area contributed by atoms with Crippen molar-refractivity contribution in [3.05, 3.63) is 28.5 Å². The van der Waals surface area contributed by atoms with Crippen LogP contribution in [0.2, 0.25) is 18.1 Å². The van der Waals surface area contributed by atoms with Gasteiger partial charge in [0.1, 0.15) is 0 Å². The van der Waals surface area contributed by atoms with E-state index in [0.29, 0.717) is 5.04 Å². The van der Waals surface area contributed by atoms with Crippen LogP contribution in [0.25, 0.3) is 5.73 Å². The molecule has 0 saturated carbocycles. The van der Waals surface area contributed by atoms with Crippen LogP contribution in [-0.4, -0.2) is 14.8 Å². The second kappa shape index (κ2) is 8.52. The monoisotopic (exact) mass is 299 g/mol. The van der Waals surface area contributed by atoms with E-state index in [4.69, 9.17) is 5.73 Å². The van der Waals surface area contributed by atoms with Crippen LogP contribution in [-0.2, 0) is 21.7 Å². The second-order valence-corrected chi connectivity index (χ2v) is 9.13. The van der Waals surface area contributed by atoms with E-state index in [-0.39, 0.29) is 27.8 Å². The fraction of sp³-hybridized carbons (Fsp3) is 0.733. The molecule has 0 radical (unpaired) electrons. The summed E-state index contributed by atoms with van der Waals surface area (Å²) in [5, 5.41) is 0.328. The van der Waals surface area contributed by atoms with Gasteiger partial charge in [-0.05, 0) is 0 Å². The van der Waals surface area contributed by atoms with E-state index in [1.165, 1.54) is 11.1 Å². The molecule has 18 heavy (non-hydrogen) atoms. The molecule has 3 heteroatoms. The molecule has 1 rings (SSSR count). The topological polar surface area (TPSA) is 23.8 Å². The Kier molecular flexibility index (Phi) is 9.79. The van der Waals surface area contributed by atoms with Crippen molar-refractivity contribution in [2.75, 3.05) is 0 Å². The molecule has 0 spiro atoms. The number of rotatable bonds is 2. The molecule has 1 aliphatic rings. The summed E-state index contributed by atoms with van der Waals surface area (Å²) in [5.74, 6) is 0. The molecule has 102 valence electrons. The first-order chi connectivity index (χ1) is 7.66. The average Bonchev–Trinajstić information content (AvgIpc) is 2.45. The van der Waals surface area contributed by atoms with E-state index in [2.05, 4.69) is 46.9 Å². The predicted molar refractivity (Wildman–Crippen MR) is 82.1 cm³/mol. The van der Waals surface area contributed by atoms with Crippen molar-refractivity contribution in [3.63, 3.8) is 0 Å². The van der Waals surface area contributed by atoms with Gasteiger partial charge in [-0.1, -0.05) is 59.2 Å². The van der Waals surface area contributed by atoms with E-state index in [1.807, 2.05) is 13.8 Å². The number of hydrogen-bond acceptors (Lipinski definition) is 0. The van der Waals surface area contributed by atoms with Crippen LogP contribution in [0.15, 0.2) is 16.7 Å². The van der Waals surface area contributed by atoms with Crippen molar-refractivity contribution < 1.29 is 21.7 Å². The Morgan fingerprint density at radius 2 is 1.67 bits per heavy atom. The maximum atomic E-state index is 6.83. The molecule has 1 aliphatic carbocycles. The zero-order valence-electron chi connectivity index (χ0n) is 13.4. The Morgan fingerprint density at radius 3 is 1.78 bits per heavy atom. The van der Waals surface area contributed by atoms with Crippen molar-refractivity contribution in [2.45, 2.75) is 72.1 Å². The van der Waals surface area contributed by atoms with E-state index < -0.39 is 8.80 Å². The first kappa shape index (κ1) is 20.7. The summed E-state index contributed by atoms with van der Waals surface area (Å²) in [7, 11) is -0.663. The summed E-state index contributed by atoms with van der Waals surface area (Å²) < 4.78 is 0. The van der Waals surface area contributed by atoms with Crippen molar-refractivity contribution >= 4 is 8.80 Å². The van der Waals surface area contributed by atoms with Gasteiger partial charge < -0.3 is 5.73 Å². The third-order valence-electron chi connectivity index (χ3n) is 4.12. The second-order valence-electron chi connectivity index (χ2n) is 5.67. The SMILES string of the molecule is CC1=[C-]C(C)([SiH](C)C)C(C)=C1C.CCC(C)[NH-].[Ti+2]. The van der Waals surface area contributed by atoms with Crippen molar-refractivity contribution in [3.8, 4) is 0 Å². The zero-order valence-corrected chi connectivity index (χ0v) is 16.1. The minimum atomic E-state index is -0.663. The van der Waals surface area contributed by atoms with Crippen LogP contribution >= 0.6 is 0 Å². The van der Waals surface area contributed by atoms with Gasteiger partial charge in [0.05, 0.1) is 0 Å². The molecule has 0 heterocycles. The minimum absolute atomic E-state index is 0. The van der Waals surface area contributed by atoms with Crippen LogP contribution in [0.4, 0.5) is 0 Å². The summed E-state index contributed by atoms with van der Waals surface area (Å²) >= 11 is 0. The van der Waals surface area contributed by atoms with Crippen molar-refractivity contribution in [1.82, 2.24) is 0 Å². The third kappa shape index (κ3) is 5.16. The van der Waals surface area contributed by atoms with Gasteiger partial charge in [0.2, 0.25) is 0 Å². The quantitative estimate of drug-likeness (QED) is 0.496. The molecule has 0 amide bonds. The number of hydrogen-bond donors (Lipinski definition) is 0. The van der Waals surface area contributed by atoms with Gasteiger partial charge in [0.25, 0.3) is 0 Å². The predicted octanol–water partition coefficient (Wildman–Crippen LogP) is 5.17. The molecule has 0 aliphatic heterocycles. The first-order valence-electron chi connectivity index (χ1n) is 6.67. The molecule has 0 aromatic rings. The fourth-order valence-corrected chi connectivity index (χ4v) is 3.41. The van der Waals surface area contributed by atoms with Crippen molar-refractivity contribution in [2.24, 2.45) is 0 Å². The fourth-order valence-electron chi connectivity index (χ4n) is 1.83. The van der Waals surface area contributed by atoms with Gasteiger partial charge >= 0.3 is 21.7 Å². The molecule has 2 unspecified atom stereocenters. The van der Waals surface area contributed by atoms with Crippen LogP contribution in [0.1, 0.15) is 48.0 Å². The zero-order chi connectivity index (χ0) is 13.8. The molecule has 0 bridgehead atoms. The van der Waals surface area contributed by atoms with Gasteiger partial charge in [-0.25, -0.2) is 5.57 Å². The van der Waals surface area contributed by atoms with Crippen LogP contribution in [0, 0.1) is 6.08 Å². The maximum Gasteiger partial charge on any atom is 2.00 e. The Bertz CT molecular complexity index is 318. The molecular weight excluding hydrogens is 270 g/mol. The Hall–Kier alpha value is 0.371. The van der Waals surface area contributed by atoms with E-state index >= 15 is 0 Å². The summed E-state index contributed by atoms with van der Waals surface area (Å²) in [6.45, 7) is 17.7. The summed E-state index contributed by atoms with van der Waals surface area (Å²) in [6, 6.07) is 0.134. The molecule has 0 aromatic carbocycles. The standard InChI is InChI=1S/C11H19Si.C4H10N.Ti/c1-8-7-11(4,12(5)6)10(3)9(8)2;1-3-4(2)5;/h12H,1-6H3;4-5H,3H2,1-2H3;/q2*-1;+2. The third-order valence-corrected chi connectivity index (χ3v) is 7.00. The van der Waals surface area contributed by atoms with Crippen LogP contribution in [0.5, 0.6) is 0 Å². The van der Waals surface area contributed by atoms with Crippen molar-refractivity contribution in [1.29, 1.82) is 0 Å². The summed E-state index contributed by atoms with van der Waals surface area (Å²) in [4.78, 5) is 0. The van der Waals surface area contributed by atoms with Crippen LogP contribution < -0.4 is 0 Å². The van der Waals surface area contributed by atoms with Gasteiger partial charge in [0, 0.05) is 8.80 Å². The smallest absolute Gasteiger partial charge is 0.675 e. The Balaban J connectivity index is 0. The molecule has 1 N–H and O–H groups in total. The van der Waals surface area contributed by atoms with Gasteiger partial charge in [-0.15, -0.1) is 13.0 Å².